The number of carboxylic acid groups (broad SMARTS) is 2. The van der Waals surface area contributed by atoms with Crippen LogP contribution in [0.5, 0.6) is 0 Å². The average Bonchev–Trinajstić information content (AvgIpc) is 2.28. The summed E-state index contributed by atoms with van der Waals surface area (Å²) in [6.45, 7) is 10.9. The molecule has 6 nitrogen and oxygen atoms in total. The van der Waals surface area contributed by atoms with Crippen molar-refractivity contribution in [3.8, 4) is 0 Å². The highest BCUT2D eigenvalue weighted by Gasteiger charge is 2.35. The lowest BCUT2D eigenvalue weighted by Crippen LogP contribution is -2.36. The van der Waals surface area contributed by atoms with E-state index in [-0.39, 0.29) is 16.2 Å². The quantitative estimate of drug-likeness (QED) is 0.672. The van der Waals surface area contributed by atoms with Gasteiger partial charge in [-0.05, 0) is 22.5 Å². The Morgan fingerprint density at radius 2 is 1.39 bits per heavy atom. The van der Waals surface area contributed by atoms with E-state index in [1.807, 2.05) is 20.8 Å². The monoisotopic (exact) mass is 326 g/mol. The van der Waals surface area contributed by atoms with E-state index in [4.69, 9.17) is 15.9 Å². The van der Waals surface area contributed by atoms with Crippen LogP contribution in [0.2, 0.25) is 0 Å². The standard InChI is InChI=1S/C16H23FN2O4/c1-15(2,3)10-8(18)7-9(19(13(20)21)14(22)23)12(17)11(10)16(4,5)6/h7H,18H2,1-6H3,(H,20,21)(H,22,23). The number of nitrogen functional groups attached to an aromatic ring is 1. The normalized spacial score (nSPS) is 12.1. The number of hydrogen-bond donors (Lipinski definition) is 3. The summed E-state index contributed by atoms with van der Waals surface area (Å²) in [6.07, 6.45) is -3.58. The number of halogens is 1. The maximum atomic E-state index is 15.1. The summed E-state index contributed by atoms with van der Waals surface area (Å²) in [5, 5.41) is 18.1. The number of hydrogen-bond acceptors (Lipinski definition) is 3. The topological polar surface area (TPSA) is 104 Å². The average molecular weight is 326 g/mol. The highest BCUT2D eigenvalue weighted by atomic mass is 19.1. The molecule has 0 radical (unpaired) electrons. The lowest BCUT2D eigenvalue weighted by molar-refractivity contribution is 0.184. The highest BCUT2D eigenvalue weighted by Crippen LogP contribution is 2.42. The molecular weight excluding hydrogens is 303 g/mol. The van der Waals surface area contributed by atoms with Gasteiger partial charge in [0.1, 0.15) is 0 Å². The molecule has 0 aliphatic rings. The third-order valence-electron chi connectivity index (χ3n) is 3.40. The smallest absolute Gasteiger partial charge is 0.421 e. The molecule has 0 unspecified atom stereocenters. The van der Waals surface area contributed by atoms with Crippen LogP contribution in [0.4, 0.5) is 25.4 Å². The van der Waals surface area contributed by atoms with Crippen LogP contribution in [-0.2, 0) is 10.8 Å². The Hall–Kier alpha value is -2.31. The van der Waals surface area contributed by atoms with E-state index < -0.39 is 34.5 Å². The van der Waals surface area contributed by atoms with Gasteiger partial charge in [0.15, 0.2) is 5.82 Å². The van der Waals surface area contributed by atoms with Crippen molar-refractivity contribution < 1.29 is 24.2 Å². The first-order chi connectivity index (χ1) is 10.2. The molecule has 1 aromatic carbocycles. The number of nitrogens with zero attached hydrogens (tertiary/aromatic N) is 1. The third kappa shape index (κ3) is 3.55. The van der Waals surface area contributed by atoms with Crippen LogP contribution in [0.3, 0.4) is 0 Å². The van der Waals surface area contributed by atoms with Crippen LogP contribution in [0.1, 0.15) is 52.7 Å². The number of anilines is 2. The van der Waals surface area contributed by atoms with Crippen LogP contribution in [0.15, 0.2) is 6.07 Å². The fourth-order valence-corrected chi connectivity index (χ4v) is 2.63. The summed E-state index contributed by atoms with van der Waals surface area (Å²) < 4.78 is 15.1. The Bertz CT molecular complexity index is 644. The van der Waals surface area contributed by atoms with Gasteiger partial charge >= 0.3 is 12.2 Å². The molecule has 128 valence electrons. The van der Waals surface area contributed by atoms with Crippen molar-refractivity contribution >= 4 is 23.6 Å². The second-order valence-corrected chi connectivity index (χ2v) is 7.45. The van der Waals surface area contributed by atoms with Crippen LogP contribution < -0.4 is 10.6 Å². The van der Waals surface area contributed by atoms with Crippen LogP contribution >= 0.6 is 0 Å². The molecule has 0 heterocycles. The van der Waals surface area contributed by atoms with Crippen molar-refractivity contribution in [2.45, 2.75) is 52.4 Å². The molecule has 0 aliphatic carbocycles. The molecule has 0 aromatic heterocycles. The molecule has 0 saturated heterocycles. The Labute approximate surface area is 134 Å². The largest absolute Gasteiger partial charge is 0.464 e. The molecular formula is C16H23FN2O4. The number of imide groups is 1. The lowest BCUT2D eigenvalue weighted by Gasteiger charge is -2.33. The molecule has 0 aliphatic heterocycles. The maximum Gasteiger partial charge on any atom is 0.421 e. The molecule has 2 amide bonds. The maximum absolute atomic E-state index is 15.1. The third-order valence-corrected chi connectivity index (χ3v) is 3.40. The number of amides is 2. The van der Waals surface area contributed by atoms with Crippen molar-refractivity contribution in [2.24, 2.45) is 0 Å². The van der Waals surface area contributed by atoms with Gasteiger partial charge < -0.3 is 15.9 Å². The van der Waals surface area contributed by atoms with Crippen molar-refractivity contribution in [2.75, 3.05) is 10.6 Å². The molecule has 1 aromatic rings. The fraction of sp³-hybridized carbons (Fsp3) is 0.500. The van der Waals surface area contributed by atoms with Gasteiger partial charge in [-0.3, -0.25) is 0 Å². The van der Waals surface area contributed by atoms with E-state index in [0.29, 0.717) is 5.56 Å². The zero-order valence-electron chi connectivity index (χ0n) is 14.2. The van der Waals surface area contributed by atoms with Crippen molar-refractivity contribution in [3.05, 3.63) is 23.0 Å². The molecule has 0 spiro atoms. The summed E-state index contributed by atoms with van der Waals surface area (Å²) in [7, 11) is 0. The zero-order valence-corrected chi connectivity index (χ0v) is 14.2. The van der Waals surface area contributed by atoms with Crippen molar-refractivity contribution in [1.29, 1.82) is 0 Å². The van der Waals surface area contributed by atoms with E-state index in [0.717, 1.165) is 6.07 Å². The first kappa shape index (κ1) is 18.7. The van der Waals surface area contributed by atoms with Gasteiger partial charge in [-0.25, -0.2) is 14.0 Å². The number of nitrogens with two attached hydrogens (primary N) is 1. The molecule has 7 heteroatoms. The summed E-state index contributed by atoms with van der Waals surface area (Å²) in [5.74, 6) is -0.888. The predicted molar refractivity (Wildman–Crippen MR) is 86.7 cm³/mol. The van der Waals surface area contributed by atoms with Crippen LogP contribution in [0, 0.1) is 5.82 Å². The van der Waals surface area contributed by atoms with Gasteiger partial charge in [0.05, 0.1) is 5.69 Å². The summed E-state index contributed by atoms with van der Waals surface area (Å²) in [5.41, 5.74) is 5.18. The zero-order chi connectivity index (χ0) is 18.3. The number of benzene rings is 1. The Kier molecular flexibility index (Phi) is 4.66. The van der Waals surface area contributed by atoms with Crippen molar-refractivity contribution in [1.82, 2.24) is 0 Å². The molecule has 1 rings (SSSR count). The predicted octanol–water partition coefficient (Wildman–Crippen LogP) is 4.17. The van der Waals surface area contributed by atoms with Gasteiger partial charge in [0.25, 0.3) is 0 Å². The minimum Gasteiger partial charge on any atom is -0.464 e. The van der Waals surface area contributed by atoms with E-state index in [2.05, 4.69) is 0 Å². The van der Waals surface area contributed by atoms with E-state index >= 15 is 4.39 Å². The Morgan fingerprint density at radius 3 is 1.70 bits per heavy atom. The van der Waals surface area contributed by atoms with E-state index in [1.165, 1.54) is 0 Å². The molecule has 0 atom stereocenters. The van der Waals surface area contributed by atoms with Gasteiger partial charge in [0.2, 0.25) is 0 Å². The minimum atomic E-state index is -1.79. The summed E-state index contributed by atoms with van der Waals surface area (Å²) >= 11 is 0. The van der Waals surface area contributed by atoms with Gasteiger partial charge in [-0.15, -0.1) is 0 Å². The minimum absolute atomic E-state index is 0.0621. The SMILES string of the molecule is CC(C)(C)c1c(N)cc(N(C(=O)O)C(=O)O)c(F)c1C(C)(C)C. The molecule has 4 N–H and O–H groups in total. The fourth-order valence-electron chi connectivity index (χ4n) is 2.63. The van der Waals surface area contributed by atoms with Crippen LogP contribution in [-0.4, -0.2) is 22.4 Å². The Morgan fingerprint density at radius 1 is 1.00 bits per heavy atom. The molecule has 0 saturated carbocycles. The summed E-state index contributed by atoms with van der Waals surface area (Å²) in [4.78, 5) is 22.3. The Balaban J connectivity index is 3.92. The van der Waals surface area contributed by atoms with Gasteiger partial charge in [0, 0.05) is 11.3 Å². The van der Waals surface area contributed by atoms with Gasteiger partial charge in [-0.2, -0.15) is 4.90 Å². The number of carbonyl (C=O) groups is 2. The summed E-state index contributed by atoms with van der Waals surface area (Å²) in [6, 6.07) is 1.06. The highest BCUT2D eigenvalue weighted by molar-refractivity contribution is 6.08. The van der Waals surface area contributed by atoms with E-state index in [9.17, 15) is 9.59 Å². The van der Waals surface area contributed by atoms with Crippen molar-refractivity contribution in [3.63, 3.8) is 0 Å². The van der Waals surface area contributed by atoms with E-state index in [1.54, 1.807) is 20.8 Å². The lowest BCUT2D eigenvalue weighted by atomic mass is 9.74. The second kappa shape index (κ2) is 5.72. The first-order valence-electron chi connectivity index (χ1n) is 7.08. The number of rotatable bonds is 1. The second-order valence-electron chi connectivity index (χ2n) is 7.45. The molecule has 0 bridgehead atoms. The molecule has 23 heavy (non-hydrogen) atoms. The molecule has 0 fully saturated rings. The first-order valence-corrected chi connectivity index (χ1v) is 7.08. The van der Waals surface area contributed by atoms with Crippen LogP contribution in [0.25, 0.3) is 0 Å². The van der Waals surface area contributed by atoms with Gasteiger partial charge in [-0.1, -0.05) is 41.5 Å².